The molecule has 3 rings (SSSR count). The number of hydrogen-bond donors (Lipinski definition) is 1. The van der Waals surface area contributed by atoms with E-state index >= 15 is 0 Å². The molecule has 0 saturated carbocycles. The molecule has 0 amide bonds. The Hall–Kier alpha value is -3.84. The van der Waals surface area contributed by atoms with Gasteiger partial charge in [-0.3, -0.25) is 0 Å². The lowest BCUT2D eigenvalue weighted by Crippen LogP contribution is -1.97. The molecule has 0 aliphatic heterocycles. The number of hydrogen-bond acceptors (Lipinski definition) is 3. The van der Waals surface area contributed by atoms with Gasteiger partial charge in [-0.1, -0.05) is 60.2 Å². The van der Waals surface area contributed by atoms with Gasteiger partial charge in [0.1, 0.15) is 12.4 Å². The third-order valence-corrected chi connectivity index (χ3v) is 4.30. The molecule has 0 aliphatic carbocycles. The van der Waals surface area contributed by atoms with Crippen LogP contribution in [0.2, 0.25) is 0 Å². The lowest BCUT2D eigenvalue weighted by molar-refractivity contribution is 0.0697. The Balaban J connectivity index is 1.84. The van der Waals surface area contributed by atoms with E-state index in [0.717, 1.165) is 11.1 Å². The second-order valence-electron chi connectivity index (χ2n) is 6.36. The minimum Gasteiger partial charge on any atom is -0.488 e. The van der Waals surface area contributed by atoms with E-state index in [1.165, 1.54) is 17.7 Å². The Bertz CT molecular complexity index is 1040. The molecular formula is C24H19NO3. The highest BCUT2D eigenvalue weighted by molar-refractivity contribution is 5.92. The lowest BCUT2D eigenvalue weighted by Gasteiger charge is -2.10. The van der Waals surface area contributed by atoms with Crippen LogP contribution in [0, 0.1) is 18.3 Å². The minimum atomic E-state index is -0.996. The van der Waals surface area contributed by atoms with E-state index in [4.69, 9.17) is 9.84 Å². The number of carbonyl (C=O) groups is 1. The number of nitriles is 1. The third-order valence-electron chi connectivity index (χ3n) is 4.30. The van der Waals surface area contributed by atoms with Crippen molar-refractivity contribution in [3.8, 4) is 11.8 Å². The van der Waals surface area contributed by atoms with Crippen LogP contribution in [0.4, 0.5) is 0 Å². The summed E-state index contributed by atoms with van der Waals surface area (Å²) in [4.78, 5) is 11.0. The number of carboxylic acids is 1. The van der Waals surface area contributed by atoms with Gasteiger partial charge in [-0.05, 0) is 42.3 Å². The molecular weight excluding hydrogens is 350 g/mol. The van der Waals surface area contributed by atoms with Crippen molar-refractivity contribution < 1.29 is 14.6 Å². The molecule has 0 heterocycles. The third kappa shape index (κ3) is 4.66. The van der Waals surface area contributed by atoms with Crippen LogP contribution in [-0.2, 0) is 6.61 Å². The molecule has 28 heavy (non-hydrogen) atoms. The Kier molecular flexibility index (Phi) is 5.88. The Morgan fingerprint density at radius 3 is 2.29 bits per heavy atom. The summed E-state index contributed by atoms with van der Waals surface area (Å²) in [7, 11) is 0. The second-order valence-corrected chi connectivity index (χ2v) is 6.36. The zero-order valence-corrected chi connectivity index (χ0v) is 15.4. The van der Waals surface area contributed by atoms with Crippen LogP contribution in [0.25, 0.3) is 11.6 Å². The first-order chi connectivity index (χ1) is 13.6. The predicted molar refractivity (Wildman–Crippen MR) is 109 cm³/mol. The lowest BCUT2D eigenvalue weighted by atomic mass is 10.0. The minimum absolute atomic E-state index is 0.183. The highest BCUT2D eigenvalue weighted by Crippen LogP contribution is 2.25. The Labute approximate surface area is 164 Å². The average molecular weight is 369 g/mol. The van der Waals surface area contributed by atoms with Gasteiger partial charge in [-0.2, -0.15) is 5.26 Å². The van der Waals surface area contributed by atoms with Crippen molar-refractivity contribution in [2.75, 3.05) is 0 Å². The summed E-state index contributed by atoms with van der Waals surface area (Å²) < 4.78 is 5.96. The summed E-state index contributed by atoms with van der Waals surface area (Å²) in [6.07, 6.45) is 1.75. The molecule has 0 aromatic heterocycles. The van der Waals surface area contributed by atoms with Crippen LogP contribution in [0.5, 0.6) is 5.75 Å². The number of para-hydroxylation sites is 1. The number of allylic oxidation sites excluding steroid dienone is 1. The van der Waals surface area contributed by atoms with Crippen LogP contribution >= 0.6 is 0 Å². The molecule has 3 aromatic rings. The van der Waals surface area contributed by atoms with Gasteiger partial charge in [-0.15, -0.1) is 0 Å². The van der Waals surface area contributed by atoms with E-state index in [9.17, 15) is 10.1 Å². The van der Waals surface area contributed by atoms with Crippen molar-refractivity contribution in [3.63, 3.8) is 0 Å². The summed E-state index contributed by atoms with van der Waals surface area (Å²) in [5, 5.41) is 18.6. The van der Waals surface area contributed by atoms with E-state index in [0.29, 0.717) is 23.5 Å². The average Bonchev–Trinajstić information content (AvgIpc) is 2.72. The monoisotopic (exact) mass is 369 g/mol. The first-order valence-electron chi connectivity index (χ1n) is 8.80. The highest BCUT2D eigenvalue weighted by atomic mass is 16.5. The van der Waals surface area contributed by atoms with Gasteiger partial charge >= 0.3 is 5.97 Å². The summed E-state index contributed by atoms with van der Waals surface area (Å²) >= 11 is 0. The van der Waals surface area contributed by atoms with Gasteiger partial charge in [0.25, 0.3) is 0 Å². The normalized spacial score (nSPS) is 10.9. The van der Waals surface area contributed by atoms with E-state index in [1.54, 1.807) is 18.2 Å². The molecule has 3 aromatic carbocycles. The predicted octanol–water partition coefficient (Wildman–Crippen LogP) is 5.34. The maximum absolute atomic E-state index is 11.0. The second kappa shape index (κ2) is 8.70. The van der Waals surface area contributed by atoms with Crippen molar-refractivity contribution in [1.82, 2.24) is 0 Å². The van der Waals surface area contributed by atoms with Crippen molar-refractivity contribution in [1.29, 1.82) is 5.26 Å². The molecule has 0 spiro atoms. The number of carboxylic acid groups (broad SMARTS) is 1. The number of aromatic carboxylic acids is 1. The van der Waals surface area contributed by atoms with Crippen LogP contribution in [0.1, 0.15) is 32.6 Å². The number of benzene rings is 3. The summed E-state index contributed by atoms with van der Waals surface area (Å²) in [5.41, 5.74) is 4.31. The first-order valence-corrected chi connectivity index (χ1v) is 8.80. The van der Waals surface area contributed by atoms with Crippen LogP contribution in [0.3, 0.4) is 0 Å². The van der Waals surface area contributed by atoms with E-state index < -0.39 is 5.97 Å². The summed E-state index contributed by atoms with van der Waals surface area (Å²) in [6, 6.07) is 24.1. The van der Waals surface area contributed by atoms with Crippen molar-refractivity contribution in [2.45, 2.75) is 13.5 Å². The molecule has 138 valence electrons. The number of nitrogens with zero attached hydrogens (tertiary/aromatic N) is 1. The molecule has 1 N–H and O–H groups in total. The topological polar surface area (TPSA) is 70.3 Å². The van der Waals surface area contributed by atoms with Gasteiger partial charge in [0.15, 0.2) is 0 Å². The molecule has 0 bridgehead atoms. The Morgan fingerprint density at radius 1 is 1.00 bits per heavy atom. The Morgan fingerprint density at radius 2 is 1.64 bits per heavy atom. The van der Waals surface area contributed by atoms with Crippen LogP contribution in [0.15, 0.2) is 72.8 Å². The molecule has 0 unspecified atom stereocenters. The largest absolute Gasteiger partial charge is 0.488 e. The molecule has 0 fully saturated rings. The van der Waals surface area contributed by atoms with Gasteiger partial charge < -0.3 is 9.84 Å². The quantitative estimate of drug-likeness (QED) is 0.470. The fourth-order valence-electron chi connectivity index (χ4n) is 2.70. The summed E-state index contributed by atoms with van der Waals surface area (Å²) in [5.74, 6) is -0.318. The SMILES string of the molecule is Cc1ccc(COc2ccccc2/C=C(/C#N)c2ccc(C(=O)O)cc2)cc1. The standard InChI is InChI=1S/C24H19NO3/c1-17-6-8-18(9-7-17)16-28-23-5-3-2-4-21(23)14-22(15-25)19-10-12-20(13-11-19)24(26)27/h2-14H,16H2,1H3,(H,26,27)/b22-14-. The number of rotatable bonds is 6. The van der Waals surface area contributed by atoms with Crippen molar-refractivity contribution in [3.05, 3.63) is 101 Å². The first kappa shape index (κ1) is 18.9. The van der Waals surface area contributed by atoms with Crippen LogP contribution in [-0.4, -0.2) is 11.1 Å². The van der Waals surface area contributed by atoms with Gasteiger partial charge in [-0.25, -0.2) is 4.79 Å². The molecule has 0 atom stereocenters. The zero-order chi connectivity index (χ0) is 19.9. The van der Waals surface area contributed by atoms with Crippen LogP contribution < -0.4 is 4.74 Å². The molecule has 4 heteroatoms. The molecule has 0 radical (unpaired) electrons. The van der Waals surface area contributed by atoms with E-state index in [1.807, 2.05) is 55.5 Å². The van der Waals surface area contributed by atoms with Gasteiger partial charge in [0.2, 0.25) is 0 Å². The van der Waals surface area contributed by atoms with Crippen molar-refractivity contribution >= 4 is 17.6 Å². The fourth-order valence-corrected chi connectivity index (χ4v) is 2.70. The van der Waals surface area contributed by atoms with Gasteiger partial charge in [0.05, 0.1) is 17.2 Å². The molecule has 4 nitrogen and oxygen atoms in total. The summed E-state index contributed by atoms with van der Waals surface area (Å²) in [6.45, 7) is 2.47. The van der Waals surface area contributed by atoms with E-state index in [2.05, 4.69) is 6.07 Å². The number of ether oxygens (including phenoxy) is 1. The van der Waals surface area contributed by atoms with Crippen molar-refractivity contribution in [2.24, 2.45) is 0 Å². The maximum atomic E-state index is 11.0. The highest BCUT2D eigenvalue weighted by Gasteiger charge is 2.07. The number of aryl methyl sites for hydroxylation is 1. The molecule has 0 saturated heterocycles. The smallest absolute Gasteiger partial charge is 0.335 e. The maximum Gasteiger partial charge on any atom is 0.335 e. The molecule has 0 aliphatic rings. The zero-order valence-electron chi connectivity index (χ0n) is 15.4. The fraction of sp³-hybridized carbons (Fsp3) is 0.0833. The van der Waals surface area contributed by atoms with Gasteiger partial charge in [0, 0.05) is 5.56 Å². The van der Waals surface area contributed by atoms with E-state index in [-0.39, 0.29) is 5.56 Å².